The van der Waals surface area contributed by atoms with E-state index in [1.54, 1.807) is 0 Å². The van der Waals surface area contributed by atoms with Crippen LogP contribution in [-0.2, 0) is 0 Å². The molecule has 5 heteroatoms. The number of hydrogen-bond donors (Lipinski definition) is 2. The predicted molar refractivity (Wildman–Crippen MR) is 84.2 cm³/mol. The molecule has 2 rings (SSSR count). The van der Waals surface area contributed by atoms with E-state index in [-0.39, 0.29) is 18.6 Å². The summed E-state index contributed by atoms with van der Waals surface area (Å²) in [6.45, 7) is 9.26. The van der Waals surface area contributed by atoms with Crippen molar-refractivity contribution in [1.29, 1.82) is 0 Å². The van der Waals surface area contributed by atoms with Gasteiger partial charge in [0.05, 0.1) is 0 Å². The number of nitrogens with zero attached hydrogens (tertiary/aromatic N) is 2. The van der Waals surface area contributed by atoms with Gasteiger partial charge in [0.1, 0.15) is 0 Å². The summed E-state index contributed by atoms with van der Waals surface area (Å²) in [5, 5.41) is 12.3. The van der Waals surface area contributed by atoms with E-state index in [1.165, 1.54) is 19.4 Å². The molecule has 5 nitrogen and oxygen atoms in total. The topological polar surface area (TPSA) is 55.8 Å². The Kier molecular flexibility index (Phi) is 6.30. The lowest BCUT2D eigenvalue weighted by Gasteiger charge is -2.36. The monoisotopic (exact) mass is 297 g/mol. The molecule has 2 saturated heterocycles. The van der Waals surface area contributed by atoms with Gasteiger partial charge in [-0.15, -0.1) is 0 Å². The summed E-state index contributed by atoms with van der Waals surface area (Å²) >= 11 is 0. The Morgan fingerprint density at radius 3 is 2.62 bits per heavy atom. The van der Waals surface area contributed by atoms with Gasteiger partial charge < -0.3 is 20.2 Å². The highest BCUT2D eigenvalue weighted by Crippen LogP contribution is 2.18. The van der Waals surface area contributed by atoms with E-state index in [2.05, 4.69) is 24.1 Å². The molecule has 2 aliphatic heterocycles. The summed E-state index contributed by atoms with van der Waals surface area (Å²) in [7, 11) is 0. The Labute approximate surface area is 128 Å². The maximum Gasteiger partial charge on any atom is 0.317 e. The molecular formula is C16H31N3O2. The fourth-order valence-electron chi connectivity index (χ4n) is 3.47. The van der Waals surface area contributed by atoms with Crippen LogP contribution in [-0.4, -0.2) is 66.3 Å². The average Bonchev–Trinajstić information content (AvgIpc) is 2.53. The zero-order valence-corrected chi connectivity index (χ0v) is 13.6. The number of nitrogens with one attached hydrogen (secondary N) is 1. The lowest BCUT2D eigenvalue weighted by atomic mass is 9.97. The second kappa shape index (κ2) is 7.99. The van der Waals surface area contributed by atoms with Crippen LogP contribution in [0.4, 0.5) is 4.79 Å². The molecule has 2 atom stereocenters. The molecule has 0 saturated carbocycles. The lowest BCUT2D eigenvalue weighted by Crippen LogP contribution is -2.49. The summed E-state index contributed by atoms with van der Waals surface area (Å²) in [6, 6.07) is 0.644. The van der Waals surface area contributed by atoms with Gasteiger partial charge in [0.2, 0.25) is 0 Å². The Balaban J connectivity index is 1.73. The van der Waals surface area contributed by atoms with Gasteiger partial charge in [-0.1, -0.05) is 0 Å². The lowest BCUT2D eigenvalue weighted by molar-refractivity contribution is 0.121. The number of carbonyl (C=O) groups is 1. The van der Waals surface area contributed by atoms with E-state index in [4.69, 9.17) is 0 Å². The van der Waals surface area contributed by atoms with Crippen molar-refractivity contribution in [3.05, 3.63) is 0 Å². The number of piperidine rings is 2. The molecule has 2 fully saturated rings. The van der Waals surface area contributed by atoms with Crippen molar-refractivity contribution in [1.82, 2.24) is 15.1 Å². The van der Waals surface area contributed by atoms with Crippen molar-refractivity contribution in [2.24, 2.45) is 11.8 Å². The molecule has 0 aromatic rings. The molecule has 0 spiro atoms. The normalized spacial score (nSPS) is 27.9. The first-order chi connectivity index (χ1) is 10.1. The van der Waals surface area contributed by atoms with Crippen molar-refractivity contribution in [3.8, 4) is 0 Å². The van der Waals surface area contributed by atoms with Gasteiger partial charge in [-0.05, 0) is 57.9 Å². The number of rotatable bonds is 4. The maximum absolute atomic E-state index is 12.2. The number of aliphatic hydroxyl groups excluding tert-OH is 1. The highest BCUT2D eigenvalue weighted by Gasteiger charge is 2.25. The molecule has 0 aromatic carbocycles. The highest BCUT2D eigenvalue weighted by molar-refractivity contribution is 5.74. The molecule has 122 valence electrons. The maximum atomic E-state index is 12.2. The number of aliphatic hydroxyl groups is 1. The van der Waals surface area contributed by atoms with Gasteiger partial charge in [0.25, 0.3) is 0 Å². The van der Waals surface area contributed by atoms with Crippen LogP contribution >= 0.6 is 0 Å². The fraction of sp³-hybridized carbons (Fsp3) is 0.938. The van der Waals surface area contributed by atoms with Gasteiger partial charge in [-0.2, -0.15) is 0 Å². The summed E-state index contributed by atoms with van der Waals surface area (Å²) in [4.78, 5) is 16.6. The average molecular weight is 297 g/mol. The minimum Gasteiger partial charge on any atom is -0.396 e. The molecular weight excluding hydrogens is 266 g/mol. The van der Waals surface area contributed by atoms with E-state index in [1.807, 2.05) is 4.90 Å². The summed E-state index contributed by atoms with van der Waals surface area (Å²) in [5.41, 5.74) is 0. The molecule has 2 amide bonds. The van der Waals surface area contributed by atoms with Gasteiger partial charge in [0, 0.05) is 38.8 Å². The van der Waals surface area contributed by atoms with Crippen molar-refractivity contribution in [2.45, 2.75) is 45.6 Å². The molecule has 2 heterocycles. The second-order valence-corrected chi connectivity index (χ2v) is 6.92. The van der Waals surface area contributed by atoms with Crippen LogP contribution in [0.2, 0.25) is 0 Å². The molecule has 2 N–H and O–H groups in total. The van der Waals surface area contributed by atoms with Gasteiger partial charge in [-0.3, -0.25) is 0 Å². The quantitative estimate of drug-likeness (QED) is 0.827. The van der Waals surface area contributed by atoms with Crippen LogP contribution < -0.4 is 5.32 Å². The van der Waals surface area contributed by atoms with Crippen molar-refractivity contribution < 1.29 is 9.90 Å². The molecule has 0 unspecified atom stereocenters. The van der Waals surface area contributed by atoms with Crippen LogP contribution in [0.1, 0.15) is 39.5 Å². The first kappa shape index (κ1) is 16.6. The fourth-order valence-corrected chi connectivity index (χ4v) is 3.47. The number of amides is 2. The van der Waals surface area contributed by atoms with E-state index < -0.39 is 0 Å². The largest absolute Gasteiger partial charge is 0.396 e. The molecule has 0 radical (unpaired) electrons. The number of urea groups is 1. The SMILES string of the molecule is CC(C)N1CCC[C@@H](CNC(=O)N2CCC[C@H](CO)C2)C1. The van der Waals surface area contributed by atoms with Crippen LogP contribution in [0.3, 0.4) is 0 Å². The third-order valence-electron chi connectivity index (χ3n) is 4.89. The van der Waals surface area contributed by atoms with Gasteiger partial charge in [0.15, 0.2) is 0 Å². The third-order valence-corrected chi connectivity index (χ3v) is 4.89. The number of carbonyl (C=O) groups excluding carboxylic acids is 1. The second-order valence-electron chi connectivity index (χ2n) is 6.92. The molecule has 21 heavy (non-hydrogen) atoms. The Hall–Kier alpha value is -0.810. The first-order valence-corrected chi connectivity index (χ1v) is 8.47. The van der Waals surface area contributed by atoms with E-state index in [9.17, 15) is 9.90 Å². The minimum atomic E-state index is 0.0508. The zero-order chi connectivity index (χ0) is 15.2. The smallest absolute Gasteiger partial charge is 0.317 e. The van der Waals surface area contributed by atoms with Crippen LogP contribution in [0.5, 0.6) is 0 Å². The number of hydrogen-bond acceptors (Lipinski definition) is 3. The molecule has 0 aliphatic carbocycles. The summed E-state index contributed by atoms with van der Waals surface area (Å²) < 4.78 is 0. The minimum absolute atomic E-state index is 0.0508. The van der Waals surface area contributed by atoms with Gasteiger partial charge >= 0.3 is 6.03 Å². The summed E-state index contributed by atoms with van der Waals surface area (Å²) in [6.07, 6.45) is 4.48. The first-order valence-electron chi connectivity index (χ1n) is 8.47. The molecule has 0 bridgehead atoms. The highest BCUT2D eigenvalue weighted by atomic mass is 16.3. The van der Waals surface area contributed by atoms with E-state index >= 15 is 0 Å². The predicted octanol–water partition coefficient (Wildman–Crippen LogP) is 1.52. The number of likely N-dealkylation sites (tertiary alicyclic amines) is 2. The van der Waals surface area contributed by atoms with E-state index in [0.717, 1.165) is 32.5 Å². The van der Waals surface area contributed by atoms with Crippen molar-refractivity contribution >= 4 is 6.03 Å². The van der Waals surface area contributed by atoms with Crippen LogP contribution in [0.25, 0.3) is 0 Å². The Bertz CT molecular complexity index is 335. The third kappa shape index (κ3) is 4.85. The zero-order valence-electron chi connectivity index (χ0n) is 13.6. The molecule has 2 aliphatic rings. The van der Waals surface area contributed by atoms with Crippen molar-refractivity contribution in [3.63, 3.8) is 0 Å². The van der Waals surface area contributed by atoms with Gasteiger partial charge in [-0.25, -0.2) is 4.79 Å². The van der Waals surface area contributed by atoms with Crippen LogP contribution in [0.15, 0.2) is 0 Å². The van der Waals surface area contributed by atoms with Crippen molar-refractivity contribution in [2.75, 3.05) is 39.3 Å². The van der Waals surface area contributed by atoms with Crippen LogP contribution in [0, 0.1) is 11.8 Å². The Morgan fingerprint density at radius 1 is 1.19 bits per heavy atom. The molecule has 0 aromatic heterocycles. The van der Waals surface area contributed by atoms with E-state index in [0.29, 0.717) is 18.5 Å². The standard InChI is InChI=1S/C16H31N3O2/c1-13(2)18-7-3-5-14(10-18)9-17-16(21)19-8-4-6-15(11-19)12-20/h13-15,20H,3-12H2,1-2H3,(H,17,21)/t14-,15-/m0/s1. The summed E-state index contributed by atoms with van der Waals surface area (Å²) in [5.74, 6) is 0.833. The Morgan fingerprint density at radius 2 is 1.90 bits per heavy atom.